The van der Waals surface area contributed by atoms with Gasteiger partial charge in [0, 0.05) is 49.9 Å². The van der Waals surface area contributed by atoms with Crippen molar-refractivity contribution in [3.05, 3.63) is 96.7 Å². The van der Waals surface area contributed by atoms with E-state index < -0.39 is 0 Å². The van der Waals surface area contributed by atoms with Gasteiger partial charge >= 0.3 is 0 Å². The molecule has 1 saturated heterocycles. The number of likely N-dealkylation sites (N-methyl/N-ethyl adjacent to an activating group) is 1. The minimum Gasteiger partial charge on any atom is -0.456 e. The first kappa shape index (κ1) is 24.7. The summed E-state index contributed by atoms with van der Waals surface area (Å²) >= 11 is 0. The van der Waals surface area contributed by atoms with Crippen LogP contribution in [0, 0.1) is 0 Å². The van der Waals surface area contributed by atoms with Gasteiger partial charge < -0.3 is 15.0 Å². The maximum Gasteiger partial charge on any atom is 0.276 e. The van der Waals surface area contributed by atoms with Gasteiger partial charge in [-0.15, -0.1) is 0 Å². The largest absolute Gasteiger partial charge is 0.456 e. The van der Waals surface area contributed by atoms with Crippen molar-refractivity contribution >= 4 is 22.5 Å². The first-order valence-corrected chi connectivity index (χ1v) is 12.9. The number of carbonyl (C=O) groups is 1. The molecule has 0 radical (unpaired) electrons. The van der Waals surface area contributed by atoms with Crippen molar-refractivity contribution < 1.29 is 9.53 Å². The van der Waals surface area contributed by atoms with Crippen molar-refractivity contribution in [1.29, 1.82) is 0 Å². The highest BCUT2D eigenvalue weighted by atomic mass is 16.5. The van der Waals surface area contributed by atoms with Gasteiger partial charge in [-0.2, -0.15) is 5.10 Å². The number of fused-ring (bicyclic) bond motifs is 1. The van der Waals surface area contributed by atoms with Crippen LogP contribution in [0.15, 0.2) is 85.3 Å². The third kappa shape index (κ3) is 5.79. The zero-order chi connectivity index (χ0) is 26.6. The van der Waals surface area contributed by atoms with Crippen molar-refractivity contribution in [2.24, 2.45) is 0 Å². The highest BCUT2D eigenvalue weighted by molar-refractivity contribution is 6.11. The first-order valence-electron chi connectivity index (χ1n) is 12.9. The topological polar surface area (TPSA) is 99.3 Å². The number of amides is 1. The summed E-state index contributed by atoms with van der Waals surface area (Å²) in [6, 6.07) is 21.2. The molecular formula is C30H29N7O2. The van der Waals surface area contributed by atoms with Crippen LogP contribution in [0.3, 0.4) is 0 Å². The van der Waals surface area contributed by atoms with Gasteiger partial charge in [0.1, 0.15) is 11.5 Å². The fourth-order valence-corrected chi connectivity index (χ4v) is 4.64. The lowest BCUT2D eigenvalue weighted by atomic mass is 10.0. The number of benzene rings is 2. The average Bonchev–Trinajstić information content (AvgIpc) is 3.40. The number of nitrogens with one attached hydrogen (secondary N) is 2. The van der Waals surface area contributed by atoms with Crippen LogP contribution in [0.2, 0.25) is 0 Å². The minimum absolute atomic E-state index is 0.300. The van der Waals surface area contributed by atoms with E-state index in [0.29, 0.717) is 17.1 Å². The Labute approximate surface area is 226 Å². The minimum atomic E-state index is -0.300. The molecule has 2 N–H and O–H groups in total. The number of aromatic amines is 1. The van der Waals surface area contributed by atoms with E-state index in [2.05, 4.69) is 42.3 Å². The van der Waals surface area contributed by atoms with Crippen LogP contribution in [-0.4, -0.2) is 69.1 Å². The molecule has 9 heteroatoms. The second-order valence-corrected chi connectivity index (χ2v) is 9.73. The van der Waals surface area contributed by atoms with Crippen LogP contribution in [0.5, 0.6) is 11.5 Å². The maximum absolute atomic E-state index is 13.2. The Morgan fingerprint density at radius 3 is 2.56 bits per heavy atom. The van der Waals surface area contributed by atoms with E-state index in [1.165, 1.54) is 0 Å². The maximum atomic E-state index is 13.2. The van der Waals surface area contributed by atoms with Crippen LogP contribution in [0.25, 0.3) is 22.0 Å². The normalized spacial score (nSPS) is 14.4. The molecule has 9 nitrogen and oxygen atoms in total. The van der Waals surface area contributed by atoms with Gasteiger partial charge in [-0.25, -0.2) is 0 Å². The summed E-state index contributed by atoms with van der Waals surface area (Å²) in [6.07, 6.45) is 5.15. The molecule has 0 bridgehead atoms. The van der Waals surface area contributed by atoms with Crippen molar-refractivity contribution in [3.8, 4) is 22.6 Å². The lowest BCUT2D eigenvalue weighted by Crippen LogP contribution is -2.43. The molecule has 0 spiro atoms. The van der Waals surface area contributed by atoms with Crippen LogP contribution < -0.4 is 10.1 Å². The Kier molecular flexibility index (Phi) is 6.99. The van der Waals surface area contributed by atoms with Crippen molar-refractivity contribution in [2.75, 3.05) is 38.5 Å². The molecule has 0 atom stereocenters. The molecule has 3 aromatic heterocycles. The fourth-order valence-electron chi connectivity index (χ4n) is 4.64. The summed E-state index contributed by atoms with van der Waals surface area (Å²) in [4.78, 5) is 26.8. The lowest BCUT2D eigenvalue weighted by Gasteiger charge is -2.32. The fraction of sp³-hybridized carbons (Fsp3) is 0.200. The van der Waals surface area contributed by atoms with Gasteiger partial charge in [-0.1, -0.05) is 24.3 Å². The molecule has 0 saturated carbocycles. The number of hydrogen-bond acceptors (Lipinski definition) is 7. The number of carbonyl (C=O) groups excluding carboxylic acids is 1. The molecule has 4 heterocycles. The predicted molar refractivity (Wildman–Crippen MR) is 151 cm³/mol. The van der Waals surface area contributed by atoms with Crippen LogP contribution in [0.1, 0.15) is 16.2 Å². The third-order valence-electron chi connectivity index (χ3n) is 6.87. The molecular weight excluding hydrogens is 490 g/mol. The van der Waals surface area contributed by atoms with Crippen molar-refractivity contribution in [1.82, 2.24) is 30.0 Å². The van der Waals surface area contributed by atoms with Gasteiger partial charge in [-0.05, 0) is 55.1 Å². The molecule has 0 aliphatic carbocycles. The Balaban J connectivity index is 1.16. The average molecular weight is 520 g/mol. The molecule has 2 aromatic carbocycles. The standard InChI is InChI=1S/C30H29N7O2/c1-36-11-13-37(14-12-36)20-24-9-8-23(18-32-24)33-30(38)29-27-16-21(7-10-28(27)34-35-29)22-15-26(19-31-17-22)39-25-5-3-2-4-6-25/h2-10,15-19H,11-14,20H2,1H3,(H,33,38)(H,34,35). The number of nitrogens with zero attached hydrogens (tertiary/aromatic N) is 5. The number of ether oxygens (including phenoxy) is 1. The number of piperazine rings is 1. The van der Waals surface area contributed by atoms with Gasteiger partial charge in [0.25, 0.3) is 5.91 Å². The number of anilines is 1. The van der Waals surface area contributed by atoms with E-state index >= 15 is 0 Å². The summed E-state index contributed by atoms with van der Waals surface area (Å²) in [7, 11) is 2.15. The number of H-pyrrole nitrogens is 1. The molecule has 1 amide bonds. The zero-order valence-electron chi connectivity index (χ0n) is 21.7. The quantitative estimate of drug-likeness (QED) is 0.318. The molecule has 6 rings (SSSR count). The van der Waals surface area contributed by atoms with Crippen molar-refractivity contribution in [3.63, 3.8) is 0 Å². The number of pyridine rings is 2. The second-order valence-electron chi connectivity index (χ2n) is 9.73. The van der Waals surface area contributed by atoms with Crippen LogP contribution in [-0.2, 0) is 6.54 Å². The summed E-state index contributed by atoms with van der Waals surface area (Å²) in [5.41, 5.74) is 4.48. The molecule has 196 valence electrons. The molecule has 1 aliphatic heterocycles. The molecule has 1 aliphatic rings. The van der Waals surface area contributed by atoms with E-state index in [1.54, 1.807) is 18.6 Å². The smallest absolute Gasteiger partial charge is 0.276 e. The predicted octanol–water partition coefficient (Wildman–Crippen LogP) is 4.81. The van der Waals surface area contributed by atoms with Gasteiger partial charge in [-0.3, -0.25) is 24.8 Å². The van der Waals surface area contributed by atoms with Gasteiger partial charge in [0.05, 0.1) is 29.3 Å². The Morgan fingerprint density at radius 2 is 1.77 bits per heavy atom. The monoisotopic (exact) mass is 519 g/mol. The number of para-hydroxylation sites is 1. The Hall–Kier alpha value is -4.60. The van der Waals surface area contributed by atoms with E-state index in [4.69, 9.17) is 4.74 Å². The summed E-state index contributed by atoms with van der Waals surface area (Å²) in [5.74, 6) is 1.07. The molecule has 39 heavy (non-hydrogen) atoms. The SMILES string of the molecule is CN1CCN(Cc2ccc(NC(=O)c3n[nH]c4ccc(-c5cncc(Oc6ccccc6)c5)cc34)cn2)CC1. The zero-order valence-corrected chi connectivity index (χ0v) is 21.7. The van der Waals surface area contributed by atoms with E-state index in [9.17, 15) is 4.79 Å². The number of hydrogen-bond donors (Lipinski definition) is 2. The molecule has 5 aromatic rings. The lowest BCUT2D eigenvalue weighted by molar-refractivity contribution is 0.102. The van der Waals surface area contributed by atoms with E-state index in [1.807, 2.05) is 66.7 Å². The van der Waals surface area contributed by atoms with Gasteiger partial charge in [0.2, 0.25) is 0 Å². The Bertz CT molecular complexity index is 1580. The number of aromatic nitrogens is 4. The molecule has 1 fully saturated rings. The second kappa shape index (κ2) is 11.0. The first-order chi connectivity index (χ1) is 19.1. The van der Waals surface area contributed by atoms with E-state index in [0.717, 1.165) is 66.2 Å². The summed E-state index contributed by atoms with van der Waals surface area (Å²) in [5, 5.41) is 10.9. The number of rotatable bonds is 7. The highest BCUT2D eigenvalue weighted by Crippen LogP contribution is 2.29. The van der Waals surface area contributed by atoms with Crippen LogP contribution >= 0.6 is 0 Å². The highest BCUT2D eigenvalue weighted by Gasteiger charge is 2.17. The summed E-state index contributed by atoms with van der Waals surface area (Å²) < 4.78 is 5.94. The van der Waals surface area contributed by atoms with E-state index in [-0.39, 0.29) is 5.91 Å². The Morgan fingerprint density at radius 1 is 0.923 bits per heavy atom. The van der Waals surface area contributed by atoms with Crippen molar-refractivity contribution in [2.45, 2.75) is 6.54 Å². The third-order valence-corrected chi connectivity index (χ3v) is 6.87. The summed E-state index contributed by atoms with van der Waals surface area (Å²) in [6.45, 7) is 5.01. The van der Waals surface area contributed by atoms with Crippen LogP contribution in [0.4, 0.5) is 5.69 Å². The van der Waals surface area contributed by atoms with Gasteiger partial charge in [0.15, 0.2) is 5.69 Å². The molecule has 0 unspecified atom stereocenters.